The Labute approximate surface area is 119 Å². The minimum Gasteiger partial charge on any atom is -0.316 e. The highest BCUT2D eigenvalue weighted by Gasteiger charge is 2.28. The minimum atomic E-state index is 0.730. The van der Waals surface area contributed by atoms with Gasteiger partial charge in [0.25, 0.3) is 0 Å². The lowest BCUT2D eigenvalue weighted by atomic mass is 9.80. The summed E-state index contributed by atoms with van der Waals surface area (Å²) in [6, 6.07) is 13.2. The van der Waals surface area contributed by atoms with E-state index in [0.29, 0.717) is 0 Å². The molecule has 1 aromatic heterocycles. The average Bonchev–Trinajstić information content (AvgIpc) is 2.87. The number of piperidine rings is 1. The highest BCUT2D eigenvalue weighted by molar-refractivity contribution is 7.10. The van der Waals surface area contributed by atoms with Gasteiger partial charge in [-0.1, -0.05) is 30.3 Å². The summed E-state index contributed by atoms with van der Waals surface area (Å²) in [7, 11) is 0. The van der Waals surface area contributed by atoms with E-state index in [9.17, 15) is 0 Å². The van der Waals surface area contributed by atoms with Crippen molar-refractivity contribution in [3.05, 3.63) is 57.8 Å². The van der Waals surface area contributed by atoms with Crippen LogP contribution in [0.25, 0.3) is 0 Å². The van der Waals surface area contributed by atoms with E-state index in [1.807, 2.05) is 11.3 Å². The van der Waals surface area contributed by atoms with Gasteiger partial charge >= 0.3 is 0 Å². The highest BCUT2D eigenvalue weighted by Crippen LogP contribution is 2.37. The standard InChI is InChI=1S/C17H21NS/c1-13-8-10-19-17(13)16-7-9-18-12-15(16)11-14-5-3-2-4-6-14/h2-6,8,10,15-16,18H,7,9,11-12H2,1H3. The monoisotopic (exact) mass is 271 g/mol. The molecule has 1 aromatic carbocycles. The summed E-state index contributed by atoms with van der Waals surface area (Å²) in [4.78, 5) is 1.61. The number of rotatable bonds is 3. The fourth-order valence-corrected chi connectivity index (χ4v) is 4.32. The molecule has 2 unspecified atom stereocenters. The predicted molar refractivity (Wildman–Crippen MR) is 82.9 cm³/mol. The number of hydrogen-bond acceptors (Lipinski definition) is 2. The van der Waals surface area contributed by atoms with Gasteiger partial charge in [0.1, 0.15) is 0 Å². The Morgan fingerprint density at radius 3 is 2.79 bits per heavy atom. The van der Waals surface area contributed by atoms with Gasteiger partial charge in [0.15, 0.2) is 0 Å². The maximum Gasteiger partial charge on any atom is 0.0109 e. The first-order valence-electron chi connectivity index (χ1n) is 7.13. The summed E-state index contributed by atoms with van der Waals surface area (Å²) in [5, 5.41) is 5.81. The summed E-state index contributed by atoms with van der Waals surface area (Å²) in [5.74, 6) is 1.47. The smallest absolute Gasteiger partial charge is 0.0109 e. The summed E-state index contributed by atoms with van der Waals surface area (Å²) in [5.41, 5.74) is 2.95. The Bertz CT molecular complexity index is 517. The molecule has 1 N–H and O–H groups in total. The number of aryl methyl sites for hydroxylation is 1. The molecule has 2 heteroatoms. The van der Waals surface area contributed by atoms with Crippen molar-refractivity contribution in [1.29, 1.82) is 0 Å². The van der Waals surface area contributed by atoms with Crippen LogP contribution >= 0.6 is 11.3 Å². The Kier molecular flexibility index (Phi) is 4.00. The van der Waals surface area contributed by atoms with E-state index in [4.69, 9.17) is 0 Å². The topological polar surface area (TPSA) is 12.0 Å². The quantitative estimate of drug-likeness (QED) is 0.890. The zero-order valence-corrected chi connectivity index (χ0v) is 12.2. The molecule has 1 saturated heterocycles. The lowest BCUT2D eigenvalue weighted by Crippen LogP contribution is -2.36. The van der Waals surface area contributed by atoms with Gasteiger partial charge in [-0.2, -0.15) is 0 Å². The maximum atomic E-state index is 3.57. The molecular formula is C17H21NS. The van der Waals surface area contributed by atoms with Crippen LogP contribution in [-0.4, -0.2) is 13.1 Å². The van der Waals surface area contributed by atoms with E-state index < -0.39 is 0 Å². The van der Waals surface area contributed by atoms with Crippen molar-refractivity contribution in [3.63, 3.8) is 0 Å². The molecule has 0 saturated carbocycles. The lowest BCUT2D eigenvalue weighted by Gasteiger charge is -2.32. The van der Waals surface area contributed by atoms with Crippen LogP contribution in [-0.2, 0) is 6.42 Å². The van der Waals surface area contributed by atoms with Crippen molar-refractivity contribution >= 4 is 11.3 Å². The number of thiophene rings is 1. The molecule has 1 fully saturated rings. The van der Waals surface area contributed by atoms with Gasteiger partial charge in [-0.15, -0.1) is 11.3 Å². The van der Waals surface area contributed by atoms with Crippen LogP contribution in [0.1, 0.15) is 28.3 Å². The van der Waals surface area contributed by atoms with Crippen LogP contribution in [0.5, 0.6) is 0 Å². The first kappa shape index (κ1) is 12.9. The molecule has 0 amide bonds. The Morgan fingerprint density at radius 2 is 2.05 bits per heavy atom. The van der Waals surface area contributed by atoms with Crippen LogP contribution < -0.4 is 5.32 Å². The summed E-state index contributed by atoms with van der Waals surface area (Å²) in [6.07, 6.45) is 2.47. The molecule has 2 aromatic rings. The van der Waals surface area contributed by atoms with Gasteiger partial charge in [0.2, 0.25) is 0 Å². The Balaban J connectivity index is 1.80. The van der Waals surface area contributed by atoms with Crippen molar-refractivity contribution in [3.8, 4) is 0 Å². The third-order valence-corrected chi connectivity index (χ3v) is 5.34. The van der Waals surface area contributed by atoms with Gasteiger partial charge in [-0.3, -0.25) is 0 Å². The second-order valence-corrected chi connectivity index (χ2v) is 6.46. The lowest BCUT2D eigenvalue weighted by molar-refractivity contribution is 0.327. The van der Waals surface area contributed by atoms with Crippen LogP contribution in [0.2, 0.25) is 0 Å². The third-order valence-electron chi connectivity index (χ3n) is 4.19. The molecule has 2 heterocycles. The maximum absolute atomic E-state index is 3.57. The molecule has 2 atom stereocenters. The third kappa shape index (κ3) is 2.90. The summed E-state index contributed by atoms with van der Waals surface area (Å²) < 4.78 is 0. The van der Waals surface area contributed by atoms with E-state index in [1.165, 1.54) is 24.0 Å². The highest BCUT2D eigenvalue weighted by atomic mass is 32.1. The van der Waals surface area contributed by atoms with Crippen LogP contribution in [0.15, 0.2) is 41.8 Å². The van der Waals surface area contributed by atoms with E-state index in [0.717, 1.165) is 24.9 Å². The van der Waals surface area contributed by atoms with Crippen LogP contribution in [0, 0.1) is 12.8 Å². The van der Waals surface area contributed by atoms with Crippen molar-refractivity contribution in [2.24, 2.45) is 5.92 Å². The molecule has 0 bridgehead atoms. The van der Waals surface area contributed by atoms with Crippen molar-refractivity contribution in [2.45, 2.75) is 25.7 Å². The molecule has 1 nitrogen and oxygen atoms in total. The van der Waals surface area contributed by atoms with E-state index in [-0.39, 0.29) is 0 Å². The van der Waals surface area contributed by atoms with Gasteiger partial charge < -0.3 is 5.32 Å². The molecule has 0 aliphatic carbocycles. The fraction of sp³-hybridized carbons (Fsp3) is 0.412. The molecule has 19 heavy (non-hydrogen) atoms. The van der Waals surface area contributed by atoms with Gasteiger partial charge in [0.05, 0.1) is 0 Å². The number of hydrogen-bond donors (Lipinski definition) is 1. The molecular weight excluding hydrogens is 250 g/mol. The number of benzene rings is 1. The molecule has 1 aliphatic heterocycles. The normalized spacial score (nSPS) is 23.4. The number of nitrogens with one attached hydrogen (secondary N) is 1. The molecule has 0 spiro atoms. The second-order valence-electron chi connectivity index (χ2n) is 5.52. The van der Waals surface area contributed by atoms with Crippen LogP contribution in [0.4, 0.5) is 0 Å². The van der Waals surface area contributed by atoms with Gasteiger partial charge in [0, 0.05) is 4.88 Å². The van der Waals surface area contributed by atoms with Crippen molar-refractivity contribution in [2.75, 3.05) is 13.1 Å². The minimum absolute atomic E-state index is 0.730. The van der Waals surface area contributed by atoms with E-state index in [1.54, 1.807) is 4.88 Å². The molecule has 0 radical (unpaired) electrons. The molecule has 100 valence electrons. The molecule has 1 aliphatic rings. The summed E-state index contributed by atoms with van der Waals surface area (Å²) in [6.45, 7) is 4.57. The van der Waals surface area contributed by atoms with Crippen molar-refractivity contribution in [1.82, 2.24) is 5.32 Å². The molecule has 3 rings (SSSR count). The second kappa shape index (κ2) is 5.89. The Hall–Kier alpha value is -1.12. The Morgan fingerprint density at radius 1 is 1.21 bits per heavy atom. The van der Waals surface area contributed by atoms with E-state index >= 15 is 0 Å². The fourth-order valence-electron chi connectivity index (χ4n) is 3.16. The van der Waals surface area contributed by atoms with E-state index in [2.05, 4.69) is 54.0 Å². The van der Waals surface area contributed by atoms with Gasteiger partial charge in [-0.25, -0.2) is 0 Å². The zero-order chi connectivity index (χ0) is 13.1. The largest absolute Gasteiger partial charge is 0.316 e. The SMILES string of the molecule is Cc1ccsc1C1CCNCC1Cc1ccccc1. The van der Waals surface area contributed by atoms with Crippen molar-refractivity contribution < 1.29 is 0 Å². The average molecular weight is 271 g/mol. The zero-order valence-electron chi connectivity index (χ0n) is 11.4. The van der Waals surface area contributed by atoms with Gasteiger partial charge in [-0.05, 0) is 67.3 Å². The summed E-state index contributed by atoms with van der Waals surface area (Å²) >= 11 is 1.94. The first-order valence-corrected chi connectivity index (χ1v) is 8.01. The predicted octanol–water partition coefficient (Wildman–Crippen LogP) is 3.99. The van der Waals surface area contributed by atoms with Crippen LogP contribution in [0.3, 0.4) is 0 Å². The first-order chi connectivity index (χ1) is 9.34.